The van der Waals surface area contributed by atoms with E-state index in [1.165, 1.54) is 31.2 Å². The number of nitrogens with one attached hydrogen (secondary N) is 2. The fourth-order valence-electron chi connectivity index (χ4n) is 4.62. The van der Waals surface area contributed by atoms with E-state index in [9.17, 15) is 9.59 Å². The van der Waals surface area contributed by atoms with Crippen molar-refractivity contribution in [3.05, 3.63) is 35.9 Å². The maximum Gasteiger partial charge on any atom is 0.230 e. The highest BCUT2D eigenvalue weighted by atomic mass is 16.2. The Balaban J connectivity index is 1.67. The van der Waals surface area contributed by atoms with E-state index < -0.39 is 0 Å². The van der Waals surface area contributed by atoms with Crippen molar-refractivity contribution in [2.75, 3.05) is 11.9 Å². The number of hydrogen-bond acceptors (Lipinski definition) is 3. The lowest BCUT2D eigenvalue weighted by atomic mass is 9.86. The van der Waals surface area contributed by atoms with E-state index in [2.05, 4.69) is 60.4 Å². The molecule has 2 aromatic rings. The van der Waals surface area contributed by atoms with Gasteiger partial charge in [-0.25, -0.2) is 0 Å². The van der Waals surface area contributed by atoms with Crippen LogP contribution in [0.5, 0.6) is 0 Å². The Morgan fingerprint density at radius 2 is 1.87 bits per heavy atom. The summed E-state index contributed by atoms with van der Waals surface area (Å²) in [6.45, 7) is 7.06. The molecule has 2 fully saturated rings. The van der Waals surface area contributed by atoms with Crippen LogP contribution >= 0.6 is 0 Å². The Hall–Kier alpha value is -2.63. The van der Waals surface area contributed by atoms with Gasteiger partial charge in [-0.05, 0) is 29.9 Å². The zero-order valence-corrected chi connectivity index (χ0v) is 18.9. The first-order valence-corrected chi connectivity index (χ1v) is 11.6. The van der Waals surface area contributed by atoms with Gasteiger partial charge in [0.1, 0.15) is 0 Å². The molecular formula is C25H34N4O2. The van der Waals surface area contributed by atoms with Crippen molar-refractivity contribution in [2.24, 2.45) is 5.92 Å². The minimum absolute atomic E-state index is 0.0578. The molecule has 1 saturated heterocycles. The van der Waals surface area contributed by atoms with Crippen LogP contribution in [0.4, 0.5) is 5.82 Å². The van der Waals surface area contributed by atoms with Gasteiger partial charge in [-0.1, -0.05) is 64.7 Å². The first-order chi connectivity index (χ1) is 14.8. The lowest BCUT2D eigenvalue weighted by molar-refractivity contribution is -0.123. The summed E-state index contributed by atoms with van der Waals surface area (Å²) in [7, 11) is 0. The molecule has 2 N–H and O–H groups in total. The highest BCUT2D eigenvalue weighted by Crippen LogP contribution is 2.34. The number of rotatable bonds is 4. The molecule has 1 atom stereocenters. The van der Waals surface area contributed by atoms with Crippen LogP contribution in [0.25, 0.3) is 11.3 Å². The largest absolute Gasteiger partial charge is 0.355 e. The normalized spacial score (nSPS) is 20.4. The van der Waals surface area contributed by atoms with E-state index in [-0.39, 0.29) is 29.6 Å². The Bertz CT molecular complexity index is 949. The molecule has 2 amide bonds. The molecule has 0 bridgehead atoms. The van der Waals surface area contributed by atoms with Crippen LogP contribution in [0.15, 0.2) is 30.3 Å². The number of hydrogen-bond donors (Lipinski definition) is 2. The van der Waals surface area contributed by atoms with Gasteiger partial charge in [0.25, 0.3) is 0 Å². The van der Waals surface area contributed by atoms with Crippen molar-refractivity contribution in [2.45, 2.75) is 77.2 Å². The van der Waals surface area contributed by atoms with Crippen molar-refractivity contribution in [3.8, 4) is 11.3 Å². The van der Waals surface area contributed by atoms with Crippen LogP contribution < -0.4 is 10.6 Å². The van der Waals surface area contributed by atoms with Gasteiger partial charge in [0.05, 0.1) is 17.7 Å². The number of benzene rings is 1. The molecule has 31 heavy (non-hydrogen) atoms. The van der Waals surface area contributed by atoms with E-state index in [0.717, 1.165) is 24.1 Å². The number of amides is 2. The van der Waals surface area contributed by atoms with Gasteiger partial charge in [0, 0.05) is 24.6 Å². The lowest BCUT2D eigenvalue weighted by Gasteiger charge is -2.21. The maximum atomic E-state index is 12.7. The second-order valence-electron chi connectivity index (χ2n) is 10.0. The van der Waals surface area contributed by atoms with Crippen LogP contribution in [0.3, 0.4) is 0 Å². The third kappa shape index (κ3) is 5.00. The molecular weight excluding hydrogens is 388 g/mol. The van der Waals surface area contributed by atoms with Gasteiger partial charge < -0.3 is 10.6 Å². The average Bonchev–Trinajstić information content (AvgIpc) is 3.25. The summed E-state index contributed by atoms with van der Waals surface area (Å²) in [5.41, 5.74) is 3.51. The zero-order valence-electron chi connectivity index (χ0n) is 18.9. The predicted octanol–water partition coefficient (Wildman–Crippen LogP) is 4.82. The van der Waals surface area contributed by atoms with E-state index in [4.69, 9.17) is 5.10 Å². The van der Waals surface area contributed by atoms with Gasteiger partial charge >= 0.3 is 0 Å². The van der Waals surface area contributed by atoms with Gasteiger partial charge in [-0.3, -0.25) is 14.3 Å². The van der Waals surface area contributed by atoms with Crippen molar-refractivity contribution in [1.29, 1.82) is 0 Å². The minimum Gasteiger partial charge on any atom is -0.355 e. The molecule has 2 heterocycles. The third-order valence-electron chi connectivity index (χ3n) is 6.53. The third-order valence-corrected chi connectivity index (χ3v) is 6.53. The molecule has 166 valence electrons. The summed E-state index contributed by atoms with van der Waals surface area (Å²) >= 11 is 0. The second kappa shape index (κ2) is 8.85. The number of nitrogens with zero attached hydrogens (tertiary/aromatic N) is 2. The summed E-state index contributed by atoms with van der Waals surface area (Å²) in [6, 6.07) is 11.0. The first kappa shape index (κ1) is 21.6. The molecule has 1 aromatic heterocycles. The maximum absolute atomic E-state index is 12.7. The monoisotopic (exact) mass is 422 g/mol. The topological polar surface area (TPSA) is 76.0 Å². The van der Waals surface area contributed by atoms with Gasteiger partial charge in [-0.15, -0.1) is 0 Å². The van der Waals surface area contributed by atoms with Crippen LogP contribution in [-0.2, 0) is 15.0 Å². The number of aromatic nitrogens is 2. The molecule has 0 radical (unpaired) electrons. The van der Waals surface area contributed by atoms with Gasteiger partial charge in [0.2, 0.25) is 11.8 Å². The van der Waals surface area contributed by atoms with Gasteiger partial charge in [0.15, 0.2) is 5.82 Å². The predicted molar refractivity (Wildman–Crippen MR) is 123 cm³/mol. The Morgan fingerprint density at radius 1 is 1.13 bits per heavy atom. The molecule has 1 saturated carbocycles. The Morgan fingerprint density at radius 3 is 2.52 bits per heavy atom. The van der Waals surface area contributed by atoms with E-state index in [0.29, 0.717) is 18.4 Å². The van der Waals surface area contributed by atoms with E-state index >= 15 is 0 Å². The van der Waals surface area contributed by atoms with E-state index in [1.807, 2.05) is 6.07 Å². The van der Waals surface area contributed by atoms with Crippen molar-refractivity contribution >= 4 is 17.6 Å². The standard InChI is InChI=1S/C25H34N4O2/c1-25(2,3)19-10-8-9-17(13-19)21-15-22(27-24(31)18-14-23(30)26-16-18)28-29(21)20-11-6-4-5-7-12-20/h8-10,13,15,18,20H,4-7,11-12,14,16H2,1-3H3,(H,26,30)(H,27,28,31)/t18-/m1/s1. The molecule has 1 aliphatic carbocycles. The average molecular weight is 423 g/mol. The van der Waals surface area contributed by atoms with Crippen LogP contribution in [0, 0.1) is 5.92 Å². The van der Waals surface area contributed by atoms with Crippen LogP contribution in [-0.4, -0.2) is 28.1 Å². The summed E-state index contributed by atoms with van der Waals surface area (Å²) in [4.78, 5) is 24.2. The number of carbonyl (C=O) groups is 2. The second-order valence-corrected chi connectivity index (χ2v) is 10.0. The molecule has 4 rings (SSSR count). The highest BCUT2D eigenvalue weighted by Gasteiger charge is 2.29. The van der Waals surface area contributed by atoms with Crippen molar-refractivity contribution < 1.29 is 9.59 Å². The molecule has 1 aliphatic heterocycles. The summed E-state index contributed by atoms with van der Waals surface area (Å²) in [6.07, 6.45) is 7.45. The molecule has 1 aromatic carbocycles. The SMILES string of the molecule is CC(C)(C)c1cccc(-c2cc(NC(=O)[C@H]3CNC(=O)C3)nn2C2CCCCCC2)c1. The van der Waals surface area contributed by atoms with Crippen molar-refractivity contribution in [1.82, 2.24) is 15.1 Å². The zero-order chi connectivity index (χ0) is 22.0. The molecule has 0 spiro atoms. The summed E-state index contributed by atoms with van der Waals surface area (Å²) in [5.74, 6) is 0.0376. The summed E-state index contributed by atoms with van der Waals surface area (Å²) in [5, 5.41) is 10.6. The van der Waals surface area contributed by atoms with Crippen molar-refractivity contribution in [3.63, 3.8) is 0 Å². The molecule has 0 unspecified atom stereocenters. The molecule has 2 aliphatic rings. The number of carbonyl (C=O) groups excluding carboxylic acids is 2. The molecule has 6 nitrogen and oxygen atoms in total. The smallest absolute Gasteiger partial charge is 0.230 e. The Kier molecular flexibility index (Phi) is 6.17. The van der Waals surface area contributed by atoms with E-state index in [1.54, 1.807) is 0 Å². The van der Waals surface area contributed by atoms with Gasteiger partial charge in [-0.2, -0.15) is 5.10 Å². The molecule has 6 heteroatoms. The highest BCUT2D eigenvalue weighted by molar-refractivity contribution is 5.96. The number of anilines is 1. The fourth-order valence-corrected chi connectivity index (χ4v) is 4.62. The quantitative estimate of drug-likeness (QED) is 0.694. The Labute approximate surface area is 184 Å². The van der Waals surface area contributed by atoms with Crippen LogP contribution in [0.1, 0.15) is 77.3 Å². The lowest BCUT2D eigenvalue weighted by Crippen LogP contribution is -2.25. The minimum atomic E-state index is -0.330. The summed E-state index contributed by atoms with van der Waals surface area (Å²) < 4.78 is 2.14. The fraction of sp³-hybridized carbons (Fsp3) is 0.560. The van der Waals surface area contributed by atoms with Crippen LogP contribution in [0.2, 0.25) is 0 Å². The first-order valence-electron chi connectivity index (χ1n) is 11.6.